The smallest absolute Gasteiger partial charge is 0.383 e. The van der Waals surface area contributed by atoms with Gasteiger partial charge in [-0.15, -0.1) is 0 Å². The topological polar surface area (TPSA) is 12.5 Å². The molecule has 0 amide bonds. The third-order valence-electron chi connectivity index (χ3n) is 3.84. The molecule has 1 aromatic carbocycles. The molecule has 0 spiro atoms. The fourth-order valence-corrected chi connectivity index (χ4v) is 2.86. The lowest BCUT2D eigenvalue weighted by Gasteiger charge is -2.24. The van der Waals surface area contributed by atoms with Crippen LogP contribution in [0.15, 0.2) is 18.2 Å². The highest BCUT2D eigenvalue weighted by Crippen LogP contribution is 2.32. The van der Waals surface area contributed by atoms with Crippen LogP contribution in [0.2, 0.25) is 0 Å². The largest absolute Gasteiger partial charge is 0.416 e. The molecule has 5 heteroatoms. The normalized spacial score (nSPS) is 19.0. The summed E-state index contributed by atoms with van der Waals surface area (Å²) in [5.74, 6) is 0. The standard InChI is InChI=1S/C15H20F3NO.C2H6/c1-11-8-12(5-6-14(11)15(16,17)18)9-19-7-3-4-13(19)10-20-2;1-2/h5-6,8,13H,3-4,7,9-10H2,1-2H3;1-2H3. The van der Waals surface area contributed by atoms with Crippen molar-refractivity contribution < 1.29 is 17.9 Å². The molecule has 0 bridgehead atoms. The Labute approximate surface area is 131 Å². The maximum absolute atomic E-state index is 12.7. The van der Waals surface area contributed by atoms with Gasteiger partial charge in [0, 0.05) is 19.7 Å². The zero-order valence-electron chi connectivity index (χ0n) is 13.8. The summed E-state index contributed by atoms with van der Waals surface area (Å²) < 4.78 is 43.4. The Kier molecular flexibility index (Phi) is 7.36. The van der Waals surface area contributed by atoms with Crippen molar-refractivity contribution in [2.75, 3.05) is 20.3 Å². The van der Waals surface area contributed by atoms with Crippen LogP contribution in [-0.4, -0.2) is 31.2 Å². The summed E-state index contributed by atoms with van der Waals surface area (Å²) in [7, 11) is 1.68. The lowest BCUT2D eigenvalue weighted by atomic mass is 10.0. The van der Waals surface area contributed by atoms with E-state index in [2.05, 4.69) is 4.90 Å². The molecule has 2 nitrogen and oxygen atoms in total. The molecule has 1 unspecified atom stereocenters. The fourth-order valence-electron chi connectivity index (χ4n) is 2.86. The first kappa shape index (κ1) is 19.0. The van der Waals surface area contributed by atoms with E-state index in [1.807, 2.05) is 13.8 Å². The van der Waals surface area contributed by atoms with E-state index in [-0.39, 0.29) is 5.56 Å². The molecule has 2 rings (SSSR count). The third kappa shape index (κ3) is 4.99. The minimum Gasteiger partial charge on any atom is -0.383 e. The molecule has 1 heterocycles. The number of hydrogen-bond donors (Lipinski definition) is 0. The molecular weight excluding hydrogens is 291 g/mol. The fraction of sp³-hybridized carbons (Fsp3) is 0.647. The number of likely N-dealkylation sites (tertiary alicyclic amines) is 1. The lowest BCUT2D eigenvalue weighted by Crippen LogP contribution is -2.32. The number of benzene rings is 1. The van der Waals surface area contributed by atoms with Crippen LogP contribution in [0.4, 0.5) is 13.2 Å². The Balaban J connectivity index is 0.00000116. The molecule has 1 aromatic rings. The molecule has 1 fully saturated rings. The number of halogens is 3. The van der Waals surface area contributed by atoms with Crippen molar-refractivity contribution in [3.05, 3.63) is 34.9 Å². The molecule has 1 aliphatic heterocycles. The Hall–Kier alpha value is -1.07. The van der Waals surface area contributed by atoms with Crippen LogP contribution in [0, 0.1) is 6.92 Å². The van der Waals surface area contributed by atoms with Gasteiger partial charge in [-0.1, -0.05) is 26.0 Å². The van der Waals surface area contributed by atoms with E-state index in [0.29, 0.717) is 19.2 Å². The summed E-state index contributed by atoms with van der Waals surface area (Å²) in [4.78, 5) is 2.28. The van der Waals surface area contributed by atoms with Gasteiger partial charge < -0.3 is 4.74 Å². The number of hydrogen-bond acceptors (Lipinski definition) is 2. The second-order valence-electron chi connectivity index (χ2n) is 5.37. The van der Waals surface area contributed by atoms with Crippen molar-refractivity contribution in [3.63, 3.8) is 0 Å². The van der Waals surface area contributed by atoms with Gasteiger partial charge in [0.25, 0.3) is 0 Å². The number of aryl methyl sites for hydroxylation is 1. The second-order valence-corrected chi connectivity index (χ2v) is 5.37. The van der Waals surface area contributed by atoms with Gasteiger partial charge in [-0.3, -0.25) is 4.90 Å². The van der Waals surface area contributed by atoms with E-state index in [1.54, 1.807) is 19.2 Å². The molecule has 1 aliphatic rings. The van der Waals surface area contributed by atoms with Gasteiger partial charge in [-0.05, 0) is 43.5 Å². The quantitative estimate of drug-likeness (QED) is 0.801. The van der Waals surface area contributed by atoms with Gasteiger partial charge in [0.1, 0.15) is 0 Å². The molecule has 126 valence electrons. The first-order valence-electron chi connectivity index (χ1n) is 7.81. The summed E-state index contributed by atoms with van der Waals surface area (Å²) in [6, 6.07) is 4.79. The Morgan fingerprint density at radius 3 is 2.50 bits per heavy atom. The average Bonchev–Trinajstić information content (AvgIpc) is 2.87. The molecule has 0 aromatic heterocycles. The van der Waals surface area contributed by atoms with E-state index in [9.17, 15) is 13.2 Å². The van der Waals surface area contributed by atoms with Crippen LogP contribution in [0.25, 0.3) is 0 Å². The Morgan fingerprint density at radius 1 is 1.27 bits per heavy atom. The lowest BCUT2D eigenvalue weighted by molar-refractivity contribution is -0.138. The van der Waals surface area contributed by atoms with Crippen LogP contribution in [0.3, 0.4) is 0 Å². The second kappa shape index (κ2) is 8.53. The summed E-state index contributed by atoms with van der Waals surface area (Å²) in [5.41, 5.74) is 0.673. The molecule has 22 heavy (non-hydrogen) atoms. The highest BCUT2D eigenvalue weighted by atomic mass is 19.4. The van der Waals surface area contributed by atoms with Crippen LogP contribution in [0.5, 0.6) is 0 Å². The molecule has 0 N–H and O–H groups in total. The monoisotopic (exact) mass is 317 g/mol. The maximum atomic E-state index is 12.7. The van der Waals surface area contributed by atoms with Gasteiger partial charge >= 0.3 is 6.18 Å². The van der Waals surface area contributed by atoms with Crippen LogP contribution in [-0.2, 0) is 17.5 Å². The van der Waals surface area contributed by atoms with Crippen LogP contribution >= 0.6 is 0 Å². The first-order chi connectivity index (χ1) is 10.4. The summed E-state index contributed by atoms with van der Waals surface area (Å²) >= 11 is 0. The highest BCUT2D eigenvalue weighted by Gasteiger charge is 2.32. The Morgan fingerprint density at radius 2 is 1.95 bits per heavy atom. The summed E-state index contributed by atoms with van der Waals surface area (Å²) in [5, 5.41) is 0. The molecular formula is C17H26F3NO. The summed E-state index contributed by atoms with van der Waals surface area (Å²) in [6.07, 6.45) is -2.06. The van der Waals surface area contributed by atoms with E-state index in [1.165, 1.54) is 13.0 Å². The van der Waals surface area contributed by atoms with Crippen LogP contribution < -0.4 is 0 Å². The highest BCUT2D eigenvalue weighted by molar-refractivity contribution is 5.33. The van der Waals surface area contributed by atoms with Gasteiger partial charge in [0.05, 0.1) is 12.2 Å². The predicted molar refractivity (Wildman–Crippen MR) is 82.8 cm³/mol. The minimum atomic E-state index is -4.27. The molecule has 1 atom stereocenters. The average molecular weight is 317 g/mol. The van der Waals surface area contributed by atoms with E-state index < -0.39 is 11.7 Å². The number of ether oxygens (including phenoxy) is 1. The SMILES string of the molecule is CC.COCC1CCCN1Cc1ccc(C(F)(F)F)c(C)c1. The van der Waals surface area contributed by atoms with Crippen molar-refractivity contribution in [2.45, 2.75) is 52.4 Å². The molecule has 0 radical (unpaired) electrons. The van der Waals surface area contributed by atoms with Crippen molar-refractivity contribution in [2.24, 2.45) is 0 Å². The Bertz CT molecular complexity index is 460. The zero-order valence-corrected chi connectivity index (χ0v) is 13.8. The van der Waals surface area contributed by atoms with Crippen LogP contribution in [0.1, 0.15) is 43.4 Å². The molecule has 1 saturated heterocycles. The van der Waals surface area contributed by atoms with Crippen molar-refractivity contribution in [1.29, 1.82) is 0 Å². The third-order valence-corrected chi connectivity index (χ3v) is 3.84. The molecule has 0 saturated carbocycles. The van der Waals surface area contributed by atoms with Crippen molar-refractivity contribution in [3.8, 4) is 0 Å². The summed E-state index contributed by atoms with van der Waals surface area (Å²) in [6.45, 7) is 7.86. The van der Waals surface area contributed by atoms with Crippen molar-refractivity contribution in [1.82, 2.24) is 4.90 Å². The van der Waals surface area contributed by atoms with Gasteiger partial charge in [-0.2, -0.15) is 13.2 Å². The van der Waals surface area contributed by atoms with E-state index in [4.69, 9.17) is 4.74 Å². The maximum Gasteiger partial charge on any atom is 0.416 e. The number of alkyl halides is 3. The van der Waals surface area contributed by atoms with Gasteiger partial charge in [0.2, 0.25) is 0 Å². The minimum absolute atomic E-state index is 0.289. The number of nitrogens with zero attached hydrogens (tertiary/aromatic N) is 1. The molecule has 0 aliphatic carbocycles. The number of methoxy groups -OCH3 is 1. The zero-order chi connectivity index (χ0) is 16.8. The first-order valence-corrected chi connectivity index (χ1v) is 7.81. The van der Waals surface area contributed by atoms with Crippen molar-refractivity contribution >= 4 is 0 Å². The predicted octanol–water partition coefficient (Wildman–Crippen LogP) is 4.65. The number of rotatable bonds is 4. The van der Waals surface area contributed by atoms with E-state index in [0.717, 1.165) is 24.9 Å². The van der Waals surface area contributed by atoms with E-state index >= 15 is 0 Å². The van der Waals surface area contributed by atoms with Gasteiger partial charge in [0.15, 0.2) is 0 Å². The van der Waals surface area contributed by atoms with Gasteiger partial charge in [-0.25, -0.2) is 0 Å².